The summed E-state index contributed by atoms with van der Waals surface area (Å²) < 4.78 is 10.7. The van der Waals surface area contributed by atoms with Gasteiger partial charge in [-0.25, -0.2) is 0 Å². The van der Waals surface area contributed by atoms with Crippen LogP contribution < -0.4 is 5.73 Å². The van der Waals surface area contributed by atoms with Crippen molar-refractivity contribution in [3.63, 3.8) is 0 Å². The average Bonchev–Trinajstić information content (AvgIpc) is 2.59. The van der Waals surface area contributed by atoms with E-state index in [-0.39, 0.29) is 18.8 Å². The lowest BCUT2D eigenvalue weighted by atomic mass is 10.1. The van der Waals surface area contributed by atoms with Crippen LogP contribution in [0.25, 0.3) is 0 Å². The van der Waals surface area contributed by atoms with Gasteiger partial charge in [-0.05, 0) is 12.8 Å². The van der Waals surface area contributed by atoms with E-state index in [1.807, 2.05) is 0 Å². The molecule has 1 aliphatic heterocycles. The van der Waals surface area contributed by atoms with E-state index in [2.05, 4.69) is 0 Å². The molecule has 0 aliphatic carbocycles. The fourth-order valence-corrected chi connectivity index (χ4v) is 1.43. The highest BCUT2D eigenvalue weighted by Gasteiger charge is 2.25. The van der Waals surface area contributed by atoms with Crippen LogP contribution in [-0.2, 0) is 9.47 Å². The third kappa shape index (κ3) is 2.71. The van der Waals surface area contributed by atoms with Crippen molar-refractivity contribution in [2.75, 3.05) is 26.4 Å². The highest BCUT2D eigenvalue weighted by molar-refractivity contribution is 4.75. The van der Waals surface area contributed by atoms with E-state index < -0.39 is 0 Å². The first-order chi connectivity index (χ1) is 5.88. The Balaban J connectivity index is 2.22. The Hall–Kier alpha value is -0.160. The molecule has 0 bridgehead atoms. The summed E-state index contributed by atoms with van der Waals surface area (Å²) >= 11 is 0. The minimum atomic E-state index is -0.0420. The number of aliphatic hydroxyl groups excluding tert-OH is 1. The summed E-state index contributed by atoms with van der Waals surface area (Å²) in [5.41, 5.74) is 5.51. The maximum absolute atomic E-state index is 8.55. The fraction of sp³-hybridized carbons (Fsp3) is 1.00. The molecule has 4 nitrogen and oxygen atoms in total. The van der Waals surface area contributed by atoms with Crippen molar-refractivity contribution in [3.8, 4) is 0 Å². The first kappa shape index (κ1) is 9.92. The molecule has 0 aromatic carbocycles. The summed E-state index contributed by atoms with van der Waals surface area (Å²) in [6.07, 6.45) is 2.21. The van der Waals surface area contributed by atoms with Gasteiger partial charge < -0.3 is 20.3 Å². The van der Waals surface area contributed by atoms with E-state index in [0.717, 1.165) is 19.4 Å². The van der Waals surface area contributed by atoms with E-state index >= 15 is 0 Å². The number of hydrogen-bond donors (Lipinski definition) is 2. The van der Waals surface area contributed by atoms with Gasteiger partial charge in [0.15, 0.2) is 0 Å². The minimum Gasteiger partial charge on any atom is -0.394 e. The van der Waals surface area contributed by atoms with Crippen molar-refractivity contribution in [3.05, 3.63) is 0 Å². The molecule has 1 fully saturated rings. The molecule has 0 radical (unpaired) electrons. The maximum Gasteiger partial charge on any atom is 0.0959 e. The van der Waals surface area contributed by atoms with Crippen molar-refractivity contribution in [2.24, 2.45) is 5.73 Å². The second-order valence-electron chi connectivity index (χ2n) is 2.92. The third-order valence-electron chi connectivity index (χ3n) is 2.04. The molecule has 2 atom stereocenters. The molecule has 0 spiro atoms. The van der Waals surface area contributed by atoms with Crippen LogP contribution >= 0.6 is 0 Å². The summed E-state index contributed by atoms with van der Waals surface area (Å²) in [4.78, 5) is 0. The Bertz CT molecular complexity index is 115. The molecule has 0 saturated carbocycles. The summed E-state index contributed by atoms with van der Waals surface area (Å²) in [5.74, 6) is 0. The number of hydrogen-bond acceptors (Lipinski definition) is 4. The Kier molecular flexibility index (Phi) is 4.53. The fourth-order valence-electron chi connectivity index (χ4n) is 1.43. The molecule has 0 aromatic rings. The van der Waals surface area contributed by atoms with Crippen molar-refractivity contribution in [1.29, 1.82) is 0 Å². The maximum atomic E-state index is 8.55. The Morgan fingerprint density at radius 2 is 2.50 bits per heavy atom. The molecular weight excluding hydrogens is 158 g/mol. The number of aliphatic hydroxyl groups is 1. The topological polar surface area (TPSA) is 64.7 Å². The Morgan fingerprint density at radius 3 is 3.00 bits per heavy atom. The summed E-state index contributed by atoms with van der Waals surface area (Å²) in [6, 6.07) is 0. The van der Waals surface area contributed by atoms with Crippen LogP contribution in [0, 0.1) is 0 Å². The van der Waals surface area contributed by atoms with Gasteiger partial charge in [0.25, 0.3) is 0 Å². The van der Waals surface area contributed by atoms with Crippen LogP contribution in [-0.4, -0.2) is 43.7 Å². The number of ether oxygens (including phenoxy) is 2. The largest absolute Gasteiger partial charge is 0.394 e. The SMILES string of the molecule is NCC(OCCO)C1CCCO1. The van der Waals surface area contributed by atoms with Gasteiger partial charge in [0, 0.05) is 13.2 Å². The Morgan fingerprint density at radius 1 is 1.67 bits per heavy atom. The molecule has 0 amide bonds. The summed E-state index contributed by atoms with van der Waals surface area (Å²) in [5, 5.41) is 8.55. The second kappa shape index (κ2) is 5.48. The smallest absolute Gasteiger partial charge is 0.0959 e. The monoisotopic (exact) mass is 175 g/mol. The molecule has 2 unspecified atom stereocenters. The van der Waals surface area contributed by atoms with Crippen LogP contribution in [0.2, 0.25) is 0 Å². The van der Waals surface area contributed by atoms with E-state index in [4.69, 9.17) is 20.3 Å². The molecule has 0 aromatic heterocycles. The van der Waals surface area contributed by atoms with E-state index in [0.29, 0.717) is 13.2 Å². The first-order valence-electron chi connectivity index (χ1n) is 4.42. The quantitative estimate of drug-likeness (QED) is 0.591. The van der Waals surface area contributed by atoms with Gasteiger partial charge in [0.05, 0.1) is 25.4 Å². The number of rotatable bonds is 5. The van der Waals surface area contributed by atoms with Crippen LogP contribution in [0.1, 0.15) is 12.8 Å². The Labute approximate surface area is 72.6 Å². The molecule has 1 saturated heterocycles. The van der Waals surface area contributed by atoms with Crippen molar-refractivity contribution in [1.82, 2.24) is 0 Å². The van der Waals surface area contributed by atoms with Crippen molar-refractivity contribution in [2.45, 2.75) is 25.0 Å². The third-order valence-corrected chi connectivity index (χ3v) is 2.04. The molecule has 1 rings (SSSR count). The van der Waals surface area contributed by atoms with Crippen molar-refractivity contribution >= 4 is 0 Å². The minimum absolute atomic E-state index is 0.0420. The standard InChI is InChI=1S/C8H17NO3/c9-6-8(12-5-3-10)7-2-1-4-11-7/h7-8,10H,1-6,9H2. The van der Waals surface area contributed by atoms with Gasteiger partial charge in [-0.3, -0.25) is 0 Å². The van der Waals surface area contributed by atoms with Gasteiger partial charge in [0.1, 0.15) is 0 Å². The molecule has 12 heavy (non-hydrogen) atoms. The first-order valence-corrected chi connectivity index (χ1v) is 4.42. The van der Waals surface area contributed by atoms with Crippen LogP contribution in [0.15, 0.2) is 0 Å². The summed E-state index contributed by atoms with van der Waals surface area (Å²) in [6.45, 7) is 1.67. The molecule has 1 heterocycles. The zero-order valence-electron chi connectivity index (χ0n) is 7.24. The van der Waals surface area contributed by atoms with Gasteiger partial charge in [-0.1, -0.05) is 0 Å². The van der Waals surface area contributed by atoms with E-state index in [1.54, 1.807) is 0 Å². The van der Waals surface area contributed by atoms with E-state index in [9.17, 15) is 0 Å². The molecule has 72 valence electrons. The van der Waals surface area contributed by atoms with Crippen LogP contribution in [0.5, 0.6) is 0 Å². The van der Waals surface area contributed by atoms with Gasteiger partial charge in [0.2, 0.25) is 0 Å². The molecule has 4 heteroatoms. The normalized spacial score (nSPS) is 26.0. The predicted molar refractivity (Wildman–Crippen MR) is 44.9 cm³/mol. The predicted octanol–water partition coefficient (Wildman–Crippen LogP) is -0.498. The zero-order valence-corrected chi connectivity index (χ0v) is 7.24. The molecular formula is C8H17NO3. The number of nitrogens with two attached hydrogens (primary N) is 1. The lowest BCUT2D eigenvalue weighted by Crippen LogP contribution is -2.36. The lowest BCUT2D eigenvalue weighted by Gasteiger charge is -2.21. The van der Waals surface area contributed by atoms with Gasteiger partial charge in [-0.2, -0.15) is 0 Å². The van der Waals surface area contributed by atoms with Crippen LogP contribution in [0.4, 0.5) is 0 Å². The van der Waals surface area contributed by atoms with Gasteiger partial charge >= 0.3 is 0 Å². The second-order valence-corrected chi connectivity index (χ2v) is 2.92. The van der Waals surface area contributed by atoms with Gasteiger partial charge in [-0.15, -0.1) is 0 Å². The highest BCUT2D eigenvalue weighted by Crippen LogP contribution is 2.17. The van der Waals surface area contributed by atoms with Crippen LogP contribution in [0.3, 0.4) is 0 Å². The zero-order chi connectivity index (χ0) is 8.81. The van der Waals surface area contributed by atoms with E-state index in [1.165, 1.54) is 0 Å². The molecule has 3 N–H and O–H groups in total. The summed E-state index contributed by atoms with van der Waals surface area (Å²) in [7, 11) is 0. The molecule has 1 aliphatic rings. The highest BCUT2D eigenvalue weighted by atomic mass is 16.5. The van der Waals surface area contributed by atoms with Crippen molar-refractivity contribution < 1.29 is 14.6 Å². The average molecular weight is 175 g/mol. The lowest BCUT2D eigenvalue weighted by molar-refractivity contribution is -0.0519.